The van der Waals surface area contributed by atoms with Crippen LogP contribution in [0, 0.1) is 35.8 Å². The molecule has 228 valence electrons. The average Bonchev–Trinajstić information content (AvgIpc) is 3.06. The molecule has 11 heteroatoms. The molecule has 1 aromatic carbocycles. The first-order valence-electron chi connectivity index (χ1n) is 14.9. The molecule has 9 nitrogen and oxygen atoms in total. The second-order valence-electron chi connectivity index (χ2n) is 11.3. The van der Waals surface area contributed by atoms with E-state index < -0.39 is 11.6 Å². The molecule has 1 fully saturated rings. The van der Waals surface area contributed by atoms with E-state index in [-0.39, 0.29) is 22.8 Å². The van der Waals surface area contributed by atoms with Crippen LogP contribution < -0.4 is 10.2 Å². The Labute approximate surface area is 260 Å². The number of morpholine rings is 1. The second kappa shape index (κ2) is 12.9. The van der Waals surface area contributed by atoms with Crippen molar-refractivity contribution in [2.24, 2.45) is 5.92 Å². The van der Waals surface area contributed by atoms with E-state index in [9.17, 15) is 9.65 Å². The third-order valence-corrected chi connectivity index (χ3v) is 8.19. The summed E-state index contributed by atoms with van der Waals surface area (Å²) < 4.78 is 36.1. The predicted octanol–water partition coefficient (Wildman–Crippen LogP) is 6.99. The zero-order valence-electron chi connectivity index (χ0n) is 25.3. The molecule has 1 N–H and O–H groups in total. The minimum absolute atomic E-state index is 0.0403. The first-order valence-corrected chi connectivity index (χ1v) is 14.9. The summed E-state index contributed by atoms with van der Waals surface area (Å²) in [4.78, 5) is 24.4. The SMILES string of the molecule is CCC(C)CC1CN(c2cc(Nc3c(C)c(-c4ccccn4)nc4cc(F)cc(F)c34)c(-c3cnc(C#N)nc3)cn2)CCO1. The molecule has 6 rings (SSSR count). The first kappa shape index (κ1) is 30.0. The molecule has 5 heterocycles. The second-order valence-corrected chi connectivity index (χ2v) is 11.3. The zero-order valence-corrected chi connectivity index (χ0v) is 25.3. The number of rotatable bonds is 8. The molecule has 45 heavy (non-hydrogen) atoms. The lowest BCUT2D eigenvalue weighted by Crippen LogP contribution is -2.43. The lowest BCUT2D eigenvalue weighted by molar-refractivity contribution is 0.0255. The number of benzene rings is 1. The average molecular weight is 607 g/mol. The lowest BCUT2D eigenvalue weighted by atomic mass is 10.00. The monoisotopic (exact) mass is 606 g/mol. The number of anilines is 3. The number of hydrogen-bond acceptors (Lipinski definition) is 9. The van der Waals surface area contributed by atoms with Crippen molar-refractivity contribution >= 4 is 28.1 Å². The van der Waals surface area contributed by atoms with Crippen molar-refractivity contribution < 1.29 is 13.5 Å². The minimum atomic E-state index is -0.741. The third-order valence-electron chi connectivity index (χ3n) is 8.19. The Morgan fingerprint density at radius 3 is 2.67 bits per heavy atom. The molecule has 1 saturated heterocycles. The van der Waals surface area contributed by atoms with Gasteiger partial charge in [-0.05, 0) is 31.4 Å². The maximum absolute atomic E-state index is 15.6. The number of pyridine rings is 3. The van der Waals surface area contributed by atoms with E-state index in [4.69, 9.17) is 9.72 Å². The summed E-state index contributed by atoms with van der Waals surface area (Å²) in [6.07, 6.45) is 8.58. The van der Waals surface area contributed by atoms with Gasteiger partial charge in [0.1, 0.15) is 23.5 Å². The molecule has 4 aromatic heterocycles. The number of nitrogens with one attached hydrogen (secondary N) is 1. The van der Waals surface area contributed by atoms with Crippen LogP contribution in [-0.4, -0.2) is 50.7 Å². The van der Waals surface area contributed by atoms with E-state index in [0.717, 1.165) is 24.7 Å². The van der Waals surface area contributed by atoms with E-state index in [1.165, 1.54) is 6.07 Å². The normalized spacial score (nSPS) is 15.6. The standard InChI is InChI=1S/C34H32F2N8O/c1-4-20(2)11-24-19-44(9-10-45-24)31-14-28(25(18-41-31)22-16-39-30(15-37)40-17-22)42-34-21(3)33(27-7-5-6-8-38-27)43-29-13-23(35)12-26(36)32(29)34/h5-8,12-14,16-18,20,24H,4,9-11,19H2,1-3H3,(H,41,42,43). The van der Waals surface area contributed by atoms with Crippen molar-refractivity contribution in [1.82, 2.24) is 24.9 Å². The van der Waals surface area contributed by atoms with Crippen LogP contribution in [0.15, 0.2) is 61.2 Å². The highest BCUT2D eigenvalue weighted by atomic mass is 19.1. The van der Waals surface area contributed by atoms with Crippen LogP contribution in [0.3, 0.4) is 0 Å². The molecule has 2 atom stereocenters. The molecular formula is C34H32F2N8O. The molecule has 1 aliphatic rings. The molecule has 0 radical (unpaired) electrons. The van der Waals surface area contributed by atoms with Gasteiger partial charge in [0, 0.05) is 72.8 Å². The zero-order chi connectivity index (χ0) is 31.5. The summed E-state index contributed by atoms with van der Waals surface area (Å²) in [5.74, 6) is -0.168. The summed E-state index contributed by atoms with van der Waals surface area (Å²) in [6, 6.07) is 11.4. The summed E-state index contributed by atoms with van der Waals surface area (Å²) in [5.41, 5.74) is 4.12. The largest absolute Gasteiger partial charge is 0.375 e. The van der Waals surface area contributed by atoms with Crippen molar-refractivity contribution in [1.29, 1.82) is 5.26 Å². The van der Waals surface area contributed by atoms with Gasteiger partial charge in [-0.2, -0.15) is 5.26 Å². The number of halogens is 2. The Morgan fingerprint density at radius 2 is 1.93 bits per heavy atom. The summed E-state index contributed by atoms with van der Waals surface area (Å²) in [6.45, 7) is 8.16. The molecule has 1 aliphatic heterocycles. The van der Waals surface area contributed by atoms with Gasteiger partial charge in [0.05, 0.1) is 46.4 Å². The highest BCUT2D eigenvalue weighted by molar-refractivity contribution is 5.99. The van der Waals surface area contributed by atoms with Crippen molar-refractivity contribution in [3.63, 3.8) is 0 Å². The Kier molecular flexibility index (Phi) is 8.58. The highest BCUT2D eigenvalue weighted by Gasteiger charge is 2.25. The van der Waals surface area contributed by atoms with Gasteiger partial charge in [-0.1, -0.05) is 26.3 Å². The Bertz CT molecular complexity index is 1880. The van der Waals surface area contributed by atoms with E-state index in [1.54, 1.807) is 36.9 Å². The van der Waals surface area contributed by atoms with Crippen LogP contribution in [0.25, 0.3) is 33.4 Å². The summed E-state index contributed by atoms with van der Waals surface area (Å²) in [5, 5.41) is 12.8. The molecular weight excluding hydrogens is 574 g/mol. The number of nitriles is 1. The van der Waals surface area contributed by atoms with Gasteiger partial charge in [0.25, 0.3) is 0 Å². The van der Waals surface area contributed by atoms with Gasteiger partial charge >= 0.3 is 0 Å². The summed E-state index contributed by atoms with van der Waals surface area (Å²) in [7, 11) is 0. The number of fused-ring (bicyclic) bond motifs is 1. The fourth-order valence-corrected chi connectivity index (χ4v) is 5.61. The first-order chi connectivity index (χ1) is 21.8. The van der Waals surface area contributed by atoms with Gasteiger partial charge in [-0.25, -0.2) is 28.7 Å². The van der Waals surface area contributed by atoms with E-state index in [1.807, 2.05) is 25.1 Å². The van der Waals surface area contributed by atoms with Gasteiger partial charge < -0.3 is 15.0 Å². The van der Waals surface area contributed by atoms with Crippen molar-refractivity contribution in [3.8, 4) is 28.6 Å². The van der Waals surface area contributed by atoms with E-state index in [0.29, 0.717) is 65.1 Å². The quantitative estimate of drug-likeness (QED) is 0.200. The van der Waals surface area contributed by atoms with Crippen LogP contribution in [0.1, 0.15) is 38.1 Å². The summed E-state index contributed by atoms with van der Waals surface area (Å²) >= 11 is 0. The van der Waals surface area contributed by atoms with Crippen LogP contribution in [-0.2, 0) is 4.74 Å². The number of hydrogen-bond donors (Lipinski definition) is 1. The van der Waals surface area contributed by atoms with Gasteiger partial charge in [0.15, 0.2) is 0 Å². The molecule has 0 saturated carbocycles. The topological polar surface area (TPSA) is 113 Å². The lowest BCUT2D eigenvalue weighted by Gasteiger charge is -2.35. The number of aromatic nitrogens is 5. The Morgan fingerprint density at radius 1 is 1.11 bits per heavy atom. The van der Waals surface area contributed by atoms with E-state index >= 15 is 4.39 Å². The Balaban J connectivity index is 1.50. The maximum Gasteiger partial charge on any atom is 0.232 e. The van der Waals surface area contributed by atoms with Crippen molar-refractivity contribution in [2.75, 3.05) is 29.9 Å². The van der Waals surface area contributed by atoms with Crippen LogP contribution in [0.4, 0.5) is 26.0 Å². The fraction of sp³-hybridized carbons (Fsp3) is 0.294. The third kappa shape index (κ3) is 6.28. The Hall–Kier alpha value is -5.08. The number of ether oxygens (including phenoxy) is 1. The molecule has 0 bridgehead atoms. The molecule has 5 aromatic rings. The van der Waals surface area contributed by atoms with Gasteiger partial charge in [-0.15, -0.1) is 0 Å². The molecule has 0 spiro atoms. The van der Waals surface area contributed by atoms with E-state index in [2.05, 4.69) is 44.0 Å². The van der Waals surface area contributed by atoms with Crippen molar-refractivity contribution in [2.45, 2.75) is 39.7 Å². The maximum atomic E-state index is 15.6. The molecule has 0 amide bonds. The fourth-order valence-electron chi connectivity index (χ4n) is 5.61. The predicted molar refractivity (Wildman–Crippen MR) is 169 cm³/mol. The minimum Gasteiger partial charge on any atom is -0.375 e. The highest BCUT2D eigenvalue weighted by Crippen LogP contribution is 2.39. The van der Waals surface area contributed by atoms with Crippen LogP contribution >= 0.6 is 0 Å². The molecule has 0 aliphatic carbocycles. The van der Waals surface area contributed by atoms with Crippen molar-refractivity contribution in [3.05, 3.63) is 84.2 Å². The molecule has 2 unspecified atom stereocenters. The van der Waals surface area contributed by atoms with Gasteiger partial charge in [0.2, 0.25) is 5.82 Å². The van der Waals surface area contributed by atoms with Crippen LogP contribution in [0.5, 0.6) is 0 Å². The smallest absolute Gasteiger partial charge is 0.232 e. The van der Waals surface area contributed by atoms with Crippen LogP contribution in [0.2, 0.25) is 0 Å². The van der Waals surface area contributed by atoms with Gasteiger partial charge in [-0.3, -0.25) is 4.98 Å². The number of nitrogens with zero attached hydrogens (tertiary/aromatic N) is 7.